The fourth-order valence-corrected chi connectivity index (χ4v) is 2.53. The number of nitrogens with one attached hydrogen (secondary N) is 1. The maximum absolute atomic E-state index is 12.5. The Morgan fingerprint density at radius 2 is 1.59 bits per heavy atom. The number of ether oxygens (including phenoxy) is 4. The van der Waals surface area contributed by atoms with Gasteiger partial charge in [-0.2, -0.15) is 0 Å². The first-order valence-electron chi connectivity index (χ1n) is 7.97. The SMILES string of the molecule is COC(=O)c1cc(OC)c(OC)cc1NC(=O)C(C)Oc1ccc(Br)cc1. The van der Waals surface area contributed by atoms with Crippen LogP contribution < -0.4 is 19.5 Å². The smallest absolute Gasteiger partial charge is 0.340 e. The van der Waals surface area contributed by atoms with E-state index < -0.39 is 18.0 Å². The molecule has 0 bridgehead atoms. The second-order valence-electron chi connectivity index (χ2n) is 5.45. The molecule has 0 radical (unpaired) electrons. The molecule has 0 fully saturated rings. The summed E-state index contributed by atoms with van der Waals surface area (Å²) in [5.41, 5.74) is 0.370. The summed E-state index contributed by atoms with van der Waals surface area (Å²) in [6.07, 6.45) is -0.801. The summed E-state index contributed by atoms with van der Waals surface area (Å²) >= 11 is 3.34. The van der Waals surface area contributed by atoms with Gasteiger partial charge in [0.15, 0.2) is 17.6 Å². The largest absolute Gasteiger partial charge is 0.493 e. The van der Waals surface area contributed by atoms with Crippen molar-refractivity contribution < 1.29 is 28.5 Å². The molecule has 27 heavy (non-hydrogen) atoms. The molecule has 2 rings (SSSR count). The fourth-order valence-electron chi connectivity index (χ4n) is 2.27. The van der Waals surface area contributed by atoms with Crippen molar-refractivity contribution in [1.29, 1.82) is 0 Å². The lowest BCUT2D eigenvalue weighted by Gasteiger charge is -2.18. The third-order valence-electron chi connectivity index (χ3n) is 3.68. The zero-order chi connectivity index (χ0) is 20.0. The minimum atomic E-state index is -0.801. The molecule has 1 atom stereocenters. The minimum Gasteiger partial charge on any atom is -0.493 e. The van der Waals surface area contributed by atoms with Crippen molar-refractivity contribution in [3.8, 4) is 17.2 Å². The van der Waals surface area contributed by atoms with Gasteiger partial charge in [-0.1, -0.05) is 15.9 Å². The van der Waals surface area contributed by atoms with Crippen LogP contribution in [0.3, 0.4) is 0 Å². The number of rotatable bonds is 7. The predicted molar refractivity (Wildman–Crippen MR) is 104 cm³/mol. The van der Waals surface area contributed by atoms with E-state index in [1.165, 1.54) is 33.5 Å². The Bertz CT molecular complexity index is 822. The third kappa shape index (κ3) is 5.13. The molecule has 144 valence electrons. The summed E-state index contributed by atoms with van der Waals surface area (Å²) in [4.78, 5) is 24.6. The first kappa shape index (κ1) is 20.6. The van der Waals surface area contributed by atoms with Crippen LogP contribution in [0.1, 0.15) is 17.3 Å². The van der Waals surface area contributed by atoms with Crippen molar-refractivity contribution in [3.63, 3.8) is 0 Å². The number of halogens is 1. The Hall–Kier alpha value is -2.74. The normalized spacial score (nSPS) is 11.3. The van der Waals surface area contributed by atoms with E-state index in [1.54, 1.807) is 19.1 Å². The summed E-state index contributed by atoms with van der Waals surface area (Å²) in [5.74, 6) is 0.196. The molecule has 1 N–H and O–H groups in total. The molecule has 0 saturated heterocycles. The topological polar surface area (TPSA) is 83.1 Å². The Balaban J connectivity index is 2.24. The van der Waals surface area contributed by atoms with E-state index in [4.69, 9.17) is 18.9 Å². The number of benzene rings is 2. The fraction of sp³-hybridized carbons (Fsp3) is 0.263. The number of hydrogen-bond acceptors (Lipinski definition) is 6. The van der Waals surface area contributed by atoms with Crippen LogP contribution in [0.15, 0.2) is 40.9 Å². The van der Waals surface area contributed by atoms with Gasteiger partial charge in [0, 0.05) is 16.6 Å². The van der Waals surface area contributed by atoms with Gasteiger partial charge >= 0.3 is 5.97 Å². The summed E-state index contributed by atoms with van der Waals surface area (Å²) in [6.45, 7) is 1.61. The highest BCUT2D eigenvalue weighted by atomic mass is 79.9. The number of methoxy groups -OCH3 is 3. The van der Waals surface area contributed by atoms with Crippen LogP contribution in [0.5, 0.6) is 17.2 Å². The van der Waals surface area contributed by atoms with Crippen LogP contribution in [0.4, 0.5) is 5.69 Å². The van der Waals surface area contributed by atoms with Crippen LogP contribution in [-0.2, 0) is 9.53 Å². The van der Waals surface area contributed by atoms with E-state index in [0.717, 1.165) is 4.47 Å². The lowest BCUT2D eigenvalue weighted by molar-refractivity contribution is -0.122. The molecule has 2 aromatic carbocycles. The van der Waals surface area contributed by atoms with Crippen LogP contribution in [0, 0.1) is 0 Å². The summed E-state index contributed by atoms with van der Waals surface area (Å²) < 4.78 is 21.7. The maximum atomic E-state index is 12.5. The van der Waals surface area contributed by atoms with E-state index in [2.05, 4.69) is 21.2 Å². The van der Waals surface area contributed by atoms with Crippen LogP contribution in [-0.4, -0.2) is 39.3 Å². The van der Waals surface area contributed by atoms with Gasteiger partial charge in [0.1, 0.15) is 5.75 Å². The molecule has 0 heterocycles. The molecule has 0 aromatic heterocycles. The van der Waals surface area contributed by atoms with E-state index in [9.17, 15) is 9.59 Å². The van der Waals surface area contributed by atoms with E-state index in [-0.39, 0.29) is 11.3 Å². The van der Waals surface area contributed by atoms with Crippen molar-refractivity contribution in [2.24, 2.45) is 0 Å². The van der Waals surface area contributed by atoms with Gasteiger partial charge < -0.3 is 24.3 Å². The Morgan fingerprint density at radius 3 is 2.15 bits per heavy atom. The van der Waals surface area contributed by atoms with Crippen LogP contribution in [0.25, 0.3) is 0 Å². The average Bonchev–Trinajstić information content (AvgIpc) is 2.68. The summed E-state index contributed by atoms with van der Waals surface area (Å²) in [5, 5.41) is 2.67. The maximum Gasteiger partial charge on any atom is 0.340 e. The average molecular weight is 438 g/mol. The van der Waals surface area contributed by atoms with Crippen molar-refractivity contribution in [3.05, 3.63) is 46.4 Å². The monoisotopic (exact) mass is 437 g/mol. The summed E-state index contributed by atoms with van der Waals surface area (Å²) in [6, 6.07) is 10.0. The van der Waals surface area contributed by atoms with Crippen LogP contribution >= 0.6 is 15.9 Å². The Labute approximate surface area is 165 Å². The van der Waals surface area contributed by atoms with Crippen molar-refractivity contribution in [1.82, 2.24) is 0 Å². The lowest BCUT2D eigenvalue weighted by atomic mass is 10.1. The molecule has 7 nitrogen and oxygen atoms in total. The van der Waals surface area contributed by atoms with E-state index in [1.807, 2.05) is 12.1 Å². The second kappa shape index (κ2) is 9.27. The molecule has 0 spiro atoms. The van der Waals surface area contributed by atoms with Gasteiger partial charge in [-0.05, 0) is 31.2 Å². The molecule has 1 unspecified atom stereocenters. The first-order valence-corrected chi connectivity index (χ1v) is 8.76. The highest BCUT2D eigenvalue weighted by Crippen LogP contribution is 2.34. The van der Waals surface area contributed by atoms with E-state index >= 15 is 0 Å². The predicted octanol–water partition coefficient (Wildman–Crippen LogP) is 3.66. The van der Waals surface area contributed by atoms with Crippen molar-refractivity contribution >= 4 is 33.5 Å². The van der Waals surface area contributed by atoms with Gasteiger partial charge in [0.05, 0.1) is 32.6 Å². The molecule has 2 aromatic rings. The third-order valence-corrected chi connectivity index (χ3v) is 4.21. The highest BCUT2D eigenvalue weighted by Gasteiger charge is 2.22. The van der Waals surface area contributed by atoms with Gasteiger partial charge in [0.2, 0.25) is 0 Å². The standard InChI is InChI=1S/C19H20BrNO6/c1-11(27-13-7-5-12(20)6-8-13)18(22)21-15-10-17(25-3)16(24-2)9-14(15)19(23)26-4/h5-11H,1-4H3,(H,21,22). The number of hydrogen-bond donors (Lipinski definition) is 1. The van der Waals surface area contributed by atoms with Gasteiger partial charge in [-0.25, -0.2) is 4.79 Å². The zero-order valence-electron chi connectivity index (χ0n) is 15.4. The number of anilines is 1. The lowest BCUT2D eigenvalue weighted by Crippen LogP contribution is -2.30. The quantitative estimate of drug-likeness (QED) is 0.665. The second-order valence-corrected chi connectivity index (χ2v) is 6.36. The highest BCUT2D eigenvalue weighted by molar-refractivity contribution is 9.10. The van der Waals surface area contributed by atoms with Gasteiger partial charge in [0.25, 0.3) is 5.91 Å². The molecule has 0 aliphatic rings. The molecule has 8 heteroatoms. The van der Waals surface area contributed by atoms with Crippen LogP contribution in [0.2, 0.25) is 0 Å². The first-order chi connectivity index (χ1) is 12.9. The number of carbonyl (C=O) groups excluding carboxylic acids is 2. The zero-order valence-corrected chi connectivity index (χ0v) is 17.0. The molecule has 1 amide bonds. The molecule has 0 saturated carbocycles. The molecular weight excluding hydrogens is 418 g/mol. The number of carbonyl (C=O) groups is 2. The Morgan fingerprint density at radius 1 is 1.00 bits per heavy atom. The summed E-state index contributed by atoms with van der Waals surface area (Å²) in [7, 11) is 4.16. The van der Waals surface area contributed by atoms with Gasteiger partial charge in [-0.15, -0.1) is 0 Å². The van der Waals surface area contributed by atoms with Crippen molar-refractivity contribution in [2.45, 2.75) is 13.0 Å². The molecular formula is C19H20BrNO6. The minimum absolute atomic E-state index is 0.138. The number of esters is 1. The van der Waals surface area contributed by atoms with Crippen molar-refractivity contribution in [2.75, 3.05) is 26.6 Å². The molecule has 0 aliphatic heterocycles. The Kier molecular flexibility index (Phi) is 7.06. The van der Waals surface area contributed by atoms with Gasteiger partial charge in [-0.3, -0.25) is 4.79 Å². The van der Waals surface area contributed by atoms with E-state index in [0.29, 0.717) is 17.2 Å². The number of amides is 1. The molecule has 0 aliphatic carbocycles.